The molecule has 1 saturated heterocycles. The lowest BCUT2D eigenvalue weighted by atomic mass is 9.87. The van der Waals surface area contributed by atoms with E-state index < -0.39 is 11.7 Å². The Balaban J connectivity index is 2.43. The van der Waals surface area contributed by atoms with Crippen LogP contribution in [0.15, 0.2) is 18.2 Å². The number of rotatable bonds is 1. The van der Waals surface area contributed by atoms with Gasteiger partial charge in [0.2, 0.25) is 0 Å². The third-order valence-corrected chi connectivity index (χ3v) is 3.29. The smallest absolute Gasteiger partial charge is 0.381 e. The first-order chi connectivity index (χ1) is 9.02. The SMILES string of the molecule is CC#Cc1ccc(C2CCOCC2)c(C(F)(F)F)c1. The van der Waals surface area contributed by atoms with Crippen molar-refractivity contribution >= 4 is 0 Å². The summed E-state index contributed by atoms with van der Waals surface area (Å²) in [5, 5.41) is 0. The second kappa shape index (κ2) is 5.66. The third-order valence-electron chi connectivity index (χ3n) is 3.29. The number of hydrogen-bond donors (Lipinski definition) is 0. The molecule has 0 N–H and O–H groups in total. The minimum absolute atomic E-state index is 0.0750. The van der Waals surface area contributed by atoms with Gasteiger partial charge in [0.05, 0.1) is 5.56 Å². The molecule has 1 aromatic rings. The van der Waals surface area contributed by atoms with Crippen LogP contribution >= 0.6 is 0 Å². The van der Waals surface area contributed by atoms with Gasteiger partial charge in [0.15, 0.2) is 0 Å². The summed E-state index contributed by atoms with van der Waals surface area (Å²) in [6, 6.07) is 4.39. The maximum atomic E-state index is 13.1. The van der Waals surface area contributed by atoms with Crippen LogP contribution in [0.25, 0.3) is 0 Å². The molecule has 0 unspecified atom stereocenters. The van der Waals surface area contributed by atoms with Crippen LogP contribution in [0.2, 0.25) is 0 Å². The van der Waals surface area contributed by atoms with E-state index in [2.05, 4.69) is 11.8 Å². The molecule has 0 atom stereocenters. The molecule has 1 aromatic carbocycles. The fourth-order valence-corrected chi connectivity index (χ4v) is 2.39. The first-order valence-electron chi connectivity index (χ1n) is 6.24. The van der Waals surface area contributed by atoms with Gasteiger partial charge >= 0.3 is 6.18 Å². The minimum Gasteiger partial charge on any atom is -0.381 e. The van der Waals surface area contributed by atoms with Gasteiger partial charge < -0.3 is 4.74 Å². The number of halogens is 3. The number of benzene rings is 1. The third kappa shape index (κ3) is 3.30. The maximum absolute atomic E-state index is 13.1. The highest BCUT2D eigenvalue weighted by Gasteiger charge is 2.35. The van der Waals surface area contributed by atoms with E-state index in [0.717, 1.165) is 6.07 Å². The number of hydrogen-bond acceptors (Lipinski definition) is 1. The molecule has 0 saturated carbocycles. The zero-order chi connectivity index (χ0) is 13.9. The molecule has 19 heavy (non-hydrogen) atoms. The first kappa shape index (κ1) is 14.0. The van der Waals surface area contributed by atoms with Crippen molar-refractivity contribution in [3.8, 4) is 11.8 Å². The van der Waals surface area contributed by atoms with E-state index in [1.54, 1.807) is 19.1 Å². The Bertz CT molecular complexity index is 502. The van der Waals surface area contributed by atoms with Crippen molar-refractivity contribution in [3.63, 3.8) is 0 Å². The molecule has 4 heteroatoms. The van der Waals surface area contributed by atoms with Gasteiger partial charge in [-0.3, -0.25) is 0 Å². The molecule has 0 spiro atoms. The van der Waals surface area contributed by atoms with Crippen LogP contribution < -0.4 is 0 Å². The fourth-order valence-electron chi connectivity index (χ4n) is 2.39. The lowest BCUT2D eigenvalue weighted by Crippen LogP contribution is -2.18. The first-order valence-corrected chi connectivity index (χ1v) is 6.24. The Morgan fingerprint density at radius 3 is 2.47 bits per heavy atom. The highest BCUT2D eigenvalue weighted by Crippen LogP contribution is 2.38. The number of ether oxygens (including phenoxy) is 1. The Hall–Kier alpha value is -1.47. The minimum atomic E-state index is -4.33. The quantitative estimate of drug-likeness (QED) is 0.700. The molecule has 0 bridgehead atoms. The summed E-state index contributed by atoms with van der Waals surface area (Å²) >= 11 is 0. The van der Waals surface area contributed by atoms with Gasteiger partial charge in [-0.1, -0.05) is 12.0 Å². The largest absolute Gasteiger partial charge is 0.416 e. The van der Waals surface area contributed by atoms with Crippen molar-refractivity contribution in [1.29, 1.82) is 0 Å². The van der Waals surface area contributed by atoms with E-state index >= 15 is 0 Å². The van der Waals surface area contributed by atoms with Crippen LogP contribution in [0.3, 0.4) is 0 Å². The predicted octanol–water partition coefficient (Wildman–Crippen LogP) is 3.97. The zero-order valence-corrected chi connectivity index (χ0v) is 10.7. The highest BCUT2D eigenvalue weighted by atomic mass is 19.4. The average molecular weight is 268 g/mol. The Labute approximate surface area is 110 Å². The molecule has 0 amide bonds. The summed E-state index contributed by atoms with van der Waals surface area (Å²) in [7, 11) is 0. The molecule has 0 radical (unpaired) electrons. The molecule has 1 aliphatic rings. The predicted molar refractivity (Wildman–Crippen MR) is 66.8 cm³/mol. The van der Waals surface area contributed by atoms with E-state index in [1.165, 1.54) is 0 Å². The van der Waals surface area contributed by atoms with Crippen molar-refractivity contribution in [1.82, 2.24) is 0 Å². The molecule has 1 heterocycles. The molecular weight excluding hydrogens is 253 g/mol. The lowest BCUT2D eigenvalue weighted by molar-refractivity contribution is -0.138. The van der Waals surface area contributed by atoms with E-state index in [4.69, 9.17) is 4.74 Å². The molecule has 1 aliphatic heterocycles. The molecule has 2 rings (SSSR count). The Morgan fingerprint density at radius 1 is 1.21 bits per heavy atom. The summed E-state index contributed by atoms with van der Waals surface area (Å²) in [6.07, 6.45) is -3.05. The van der Waals surface area contributed by atoms with Crippen LogP contribution in [0.5, 0.6) is 0 Å². The summed E-state index contributed by atoms with van der Waals surface area (Å²) in [4.78, 5) is 0. The molecular formula is C15H15F3O. The monoisotopic (exact) mass is 268 g/mol. The van der Waals surface area contributed by atoms with Gasteiger partial charge in [0.1, 0.15) is 0 Å². The Kier molecular flexibility index (Phi) is 4.16. The van der Waals surface area contributed by atoms with Crippen LogP contribution in [-0.4, -0.2) is 13.2 Å². The summed E-state index contributed by atoms with van der Waals surface area (Å²) in [6.45, 7) is 2.66. The van der Waals surface area contributed by atoms with E-state index in [-0.39, 0.29) is 5.92 Å². The molecule has 1 nitrogen and oxygen atoms in total. The zero-order valence-electron chi connectivity index (χ0n) is 10.7. The standard InChI is InChI=1S/C15H15F3O/c1-2-3-11-4-5-13(12-6-8-19-9-7-12)14(10-11)15(16,17)18/h4-5,10,12H,6-9H2,1H3. The van der Waals surface area contributed by atoms with Crippen molar-refractivity contribution in [2.45, 2.75) is 31.9 Å². The summed E-state index contributed by atoms with van der Waals surface area (Å²) in [5.41, 5.74) is 0.225. The van der Waals surface area contributed by atoms with E-state index in [0.29, 0.717) is 37.2 Å². The summed E-state index contributed by atoms with van der Waals surface area (Å²) in [5.74, 6) is 5.22. The van der Waals surface area contributed by atoms with Gasteiger partial charge in [-0.2, -0.15) is 13.2 Å². The molecule has 0 aromatic heterocycles. The second-order valence-corrected chi connectivity index (χ2v) is 4.56. The normalized spacial score (nSPS) is 16.8. The van der Waals surface area contributed by atoms with E-state index in [9.17, 15) is 13.2 Å². The second-order valence-electron chi connectivity index (χ2n) is 4.56. The van der Waals surface area contributed by atoms with Crippen molar-refractivity contribution in [3.05, 3.63) is 34.9 Å². The summed E-state index contributed by atoms with van der Waals surface area (Å²) < 4.78 is 44.6. The van der Waals surface area contributed by atoms with Gasteiger partial charge in [0.25, 0.3) is 0 Å². The van der Waals surface area contributed by atoms with Crippen LogP contribution in [0, 0.1) is 11.8 Å². The van der Waals surface area contributed by atoms with Crippen molar-refractivity contribution < 1.29 is 17.9 Å². The van der Waals surface area contributed by atoms with Gasteiger partial charge in [0, 0.05) is 18.8 Å². The molecule has 1 fully saturated rings. The highest BCUT2D eigenvalue weighted by molar-refractivity contribution is 5.43. The van der Waals surface area contributed by atoms with Crippen LogP contribution in [0.1, 0.15) is 42.4 Å². The van der Waals surface area contributed by atoms with Crippen molar-refractivity contribution in [2.24, 2.45) is 0 Å². The Morgan fingerprint density at radius 2 is 1.89 bits per heavy atom. The van der Waals surface area contributed by atoms with Crippen LogP contribution in [0.4, 0.5) is 13.2 Å². The average Bonchev–Trinajstić information content (AvgIpc) is 2.39. The lowest BCUT2D eigenvalue weighted by Gasteiger charge is -2.25. The van der Waals surface area contributed by atoms with Crippen molar-refractivity contribution in [2.75, 3.05) is 13.2 Å². The maximum Gasteiger partial charge on any atom is 0.416 e. The van der Waals surface area contributed by atoms with E-state index in [1.807, 2.05) is 0 Å². The molecule has 102 valence electrons. The topological polar surface area (TPSA) is 9.23 Å². The van der Waals surface area contributed by atoms with Crippen LogP contribution in [-0.2, 0) is 10.9 Å². The van der Waals surface area contributed by atoms with Gasteiger partial charge in [-0.05, 0) is 43.4 Å². The van der Waals surface area contributed by atoms with Gasteiger partial charge in [-0.25, -0.2) is 0 Å². The fraction of sp³-hybridized carbons (Fsp3) is 0.467. The molecule has 0 aliphatic carbocycles. The number of alkyl halides is 3. The van der Waals surface area contributed by atoms with Gasteiger partial charge in [-0.15, -0.1) is 5.92 Å².